The number of hydrogen-bond donors (Lipinski definition) is 0. The molecule has 0 aliphatic heterocycles. The summed E-state index contributed by atoms with van der Waals surface area (Å²) in [4.78, 5) is 11.1. The van der Waals surface area contributed by atoms with Gasteiger partial charge in [-0.2, -0.15) is 0 Å². The van der Waals surface area contributed by atoms with Gasteiger partial charge >= 0.3 is 0 Å². The average Bonchev–Trinajstić information content (AvgIpc) is 2.77. The van der Waals surface area contributed by atoms with Crippen molar-refractivity contribution in [2.75, 3.05) is 7.11 Å². The van der Waals surface area contributed by atoms with Gasteiger partial charge in [-0.15, -0.1) is 0 Å². The second-order valence-corrected chi connectivity index (χ2v) is 3.78. The molecule has 0 saturated carbocycles. The van der Waals surface area contributed by atoms with Crippen molar-refractivity contribution in [1.29, 1.82) is 0 Å². The summed E-state index contributed by atoms with van der Waals surface area (Å²) in [6.07, 6.45) is 0.837. The van der Waals surface area contributed by atoms with Crippen LogP contribution in [0.5, 0.6) is 5.75 Å². The van der Waals surface area contributed by atoms with E-state index >= 15 is 0 Å². The van der Waals surface area contributed by atoms with Crippen molar-refractivity contribution < 1.29 is 13.9 Å². The molecule has 0 aliphatic rings. The Balaban J connectivity index is 2.57. The Labute approximate surface area is 97.6 Å². The zero-order valence-corrected chi connectivity index (χ0v) is 9.27. The van der Waals surface area contributed by atoms with E-state index in [0.29, 0.717) is 16.9 Å². The molecule has 0 saturated heterocycles. The second-order valence-electron chi connectivity index (χ2n) is 3.78. The Bertz CT molecular complexity index is 710. The molecule has 84 valence electrons. The number of fused-ring (bicyclic) bond motifs is 3. The molecule has 3 rings (SSSR count). The number of carbonyl (C=O) groups is 1. The van der Waals surface area contributed by atoms with E-state index < -0.39 is 0 Å². The van der Waals surface area contributed by atoms with Crippen LogP contribution in [0.3, 0.4) is 0 Å². The minimum atomic E-state index is 0.616. The molecule has 3 heteroatoms. The monoisotopic (exact) mass is 226 g/mol. The third-order valence-electron chi connectivity index (χ3n) is 2.87. The lowest BCUT2D eigenvalue weighted by atomic mass is 10.1. The third kappa shape index (κ3) is 1.32. The molecule has 3 aromatic rings. The van der Waals surface area contributed by atoms with Crippen molar-refractivity contribution in [3.8, 4) is 5.75 Å². The first kappa shape index (κ1) is 9.90. The quantitative estimate of drug-likeness (QED) is 0.628. The number of para-hydroxylation sites is 1. The lowest BCUT2D eigenvalue weighted by Crippen LogP contribution is -1.86. The molecule has 0 fully saturated rings. The predicted molar refractivity (Wildman–Crippen MR) is 65.7 cm³/mol. The third-order valence-corrected chi connectivity index (χ3v) is 2.87. The molecule has 0 unspecified atom stereocenters. The lowest BCUT2D eigenvalue weighted by molar-refractivity contribution is 0.112. The number of rotatable bonds is 2. The van der Waals surface area contributed by atoms with E-state index in [-0.39, 0.29) is 0 Å². The van der Waals surface area contributed by atoms with Crippen LogP contribution >= 0.6 is 0 Å². The standard InChI is InChI=1S/C14H10O3/c1-16-12-7-6-9(8-15)13-10-4-2-3-5-11(10)17-14(12)13/h2-8H,1H3. The number of benzene rings is 2. The fourth-order valence-corrected chi connectivity index (χ4v) is 2.09. The van der Waals surface area contributed by atoms with E-state index in [2.05, 4.69) is 0 Å². The van der Waals surface area contributed by atoms with Crippen LogP contribution in [0.1, 0.15) is 10.4 Å². The number of ether oxygens (including phenoxy) is 1. The van der Waals surface area contributed by atoms with Crippen LogP contribution in [0.2, 0.25) is 0 Å². The van der Waals surface area contributed by atoms with Gasteiger partial charge in [0.15, 0.2) is 17.6 Å². The molecule has 0 N–H and O–H groups in total. The minimum absolute atomic E-state index is 0.616. The molecular formula is C14H10O3. The first-order valence-electron chi connectivity index (χ1n) is 5.28. The fourth-order valence-electron chi connectivity index (χ4n) is 2.09. The van der Waals surface area contributed by atoms with E-state index in [0.717, 1.165) is 22.6 Å². The maximum absolute atomic E-state index is 11.1. The van der Waals surface area contributed by atoms with Crippen molar-refractivity contribution in [1.82, 2.24) is 0 Å². The van der Waals surface area contributed by atoms with Crippen LogP contribution in [0.15, 0.2) is 40.8 Å². The van der Waals surface area contributed by atoms with Crippen molar-refractivity contribution in [2.24, 2.45) is 0 Å². The molecule has 1 heterocycles. The summed E-state index contributed by atoms with van der Waals surface area (Å²) in [6, 6.07) is 11.1. The highest BCUT2D eigenvalue weighted by Gasteiger charge is 2.14. The van der Waals surface area contributed by atoms with Crippen molar-refractivity contribution in [3.63, 3.8) is 0 Å². The van der Waals surface area contributed by atoms with Gasteiger partial charge in [-0.1, -0.05) is 18.2 Å². The number of carbonyl (C=O) groups excluding carboxylic acids is 1. The van der Waals surface area contributed by atoms with Crippen LogP contribution in [0.4, 0.5) is 0 Å². The minimum Gasteiger partial charge on any atom is -0.493 e. The fraction of sp³-hybridized carbons (Fsp3) is 0.0714. The molecule has 0 aliphatic carbocycles. The number of furan rings is 1. The maximum Gasteiger partial charge on any atom is 0.177 e. The van der Waals surface area contributed by atoms with Crippen LogP contribution in [0.25, 0.3) is 21.9 Å². The highest BCUT2D eigenvalue weighted by Crippen LogP contribution is 2.36. The number of hydrogen-bond acceptors (Lipinski definition) is 3. The van der Waals surface area contributed by atoms with Crippen molar-refractivity contribution in [3.05, 3.63) is 42.0 Å². The summed E-state index contributed by atoms with van der Waals surface area (Å²) in [6.45, 7) is 0. The SMILES string of the molecule is COc1ccc(C=O)c2c1oc1ccccc12. The molecule has 0 spiro atoms. The summed E-state index contributed by atoms with van der Waals surface area (Å²) in [5.74, 6) is 0.641. The molecule has 0 atom stereocenters. The molecule has 0 amide bonds. The Morgan fingerprint density at radius 2 is 2.00 bits per heavy atom. The van der Waals surface area contributed by atoms with Crippen molar-refractivity contribution >= 4 is 28.2 Å². The van der Waals surface area contributed by atoms with Gasteiger partial charge in [0.05, 0.1) is 7.11 Å². The number of aldehydes is 1. The van der Waals surface area contributed by atoms with Gasteiger partial charge in [-0.3, -0.25) is 4.79 Å². The zero-order valence-electron chi connectivity index (χ0n) is 9.27. The van der Waals surface area contributed by atoms with E-state index in [1.54, 1.807) is 19.2 Å². The molecular weight excluding hydrogens is 216 g/mol. The summed E-state index contributed by atoms with van der Waals surface area (Å²) < 4.78 is 11.0. The van der Waals surface area contributed by atoms with Gasteiger partial charge in [0.25, 0.3) is 0 Å². The van der Waals surface area contributed by atoms with E-state index in [9.17, 15) is 4.79 Å². The van der Waals surface area contributed by atoms with E-state index in [1.165, 1.54) is 0 Å². The zero-order chi connectivity index (χ0) is 11.8. The van der Waals surface area contributed by atoms with Crippen molar-refractivity contribution in [2.45, 2.75) is 0 Å². The maximum atomic E-state index is 11.1. The number of methoxy groups -OCH3 is 1. The van der Waals surface area contributed by atoms with E-state index in [4.69, 9.17) is 9.15 Å². The molecule has 17 heavy (non-hydrogen) atoms. The Hall–Kier alpha value is -2.29. The smallest absolute Gasteiger partial charge is 0.177 e. The van der Waals surface area contributed by atoms with Crippen LogP contribution in [-0.2, 0) is 0 Å². The highest BCUT2D eigenvalue weighted by atomic mass is 16.5. The van der Waals surface area contributed by atoms with Gasteiger partial charge in [-0.05, 0) is 18.2 Å². The first-order chi connectivity index (χ1) is 8.35. The van der Waals surface area contributed by atoms with Crippen LogP contribution < -0.4 is 4.74 Å². The van der Waals surface area contributed by atoms with Gasteiger partial charge < -0.3 is 9.15 Å². The molecule has 1 aromatic heterocycles. The normalized spacial score (nSPS) is 10.9. The van der Waals surface area contributed by atoms with E-state index in [1.807, 2.05) is 24.3 Å². The summed E-state index contributed by atoms with van der Waals surface area (Å²) >= 11 is 0. The van der Waals surface area contributed by atoms with Gasteiger partial charge in [0, 0.05) is 16.3 Å². The Morgan fingerprint density at radius 3 is 2.76 bits per heavy atom. The summed E-state index contributed by atoms with van der Waals surface area (Å²) in [5.41, 5.74) is 2.00. The average molecular weight is 226 g/mol. The second kappa shape index (κ2) is 3.63. The molecule has 0 bridgehead atoms. The molecule has 0 radical (unpaired) electrons. The highest BCUT2D eigenvalue weighted by molar-refractivity contribution is 6.13. The van der Waals surface area contributed by atoms with Gasteiger partial charge in [0.1, 0.15) is 5.58 Å². The lowest BCUT2D eigenvalue weighted by Gasteiger charge is -2.01. The summed E-state index contributed by atoms with van der Waals surface area (Å²) in [7, 11) is 1.59. The molecule has 3 nitrogen and oxygen atoms in total. The summed E-state index contributed by atoms with van der Waals surface area (Å²) in [5, 5.41) is 1.75. The van der Waals surface area contributed by atoms with Crippen LogP contribution in [0, 0.1) is 0 Å². The molecule has 2 aromatic carbocycles. The Morgan fingerprint density at radius 1 is 1.18 bits per heavy atom. The largest absolute Gasteiger partial charge is 0.493 e. The predicted octanol–water partition coefficient (Wildman–Crippen LogP) is 3.41. The van der Waals surface area contributed by atoms with Crippen LogP contribution in [-0.4, -0.2) is 13.4 Å². The first-order valence-corrected chi connectivity index (χ1v) is 5.28. The Kier molecular flexibility index (Phi) is 2.11. The van der Waals surface area contributed by atoms with Gasteiger partial charge in [-0.25, -0.2) is 0 Å². The van der Waals surface area contributed by atoms with Gasteiger partial charge in [0.2, 0.25) is 0 Å². The topological polar surface area (TPSA) is 39.4 Å².